The summed E-state index contributed by atoms with van der Waals surface area (Å²) in [5.74, 6) is -0.701. The van der Waals surface area contributed by atoms with Gasteiger partial charge in [0.25, 0.3) is 5.91 Å². The molecule has 0 aliphatic carbocycles. The average molecular weight is 295 g/mol. The van der Waals surface area contributed by atoms with Crippen molar-refractivity contribution >= 4 is 28.9 Å². The first kappa shape index (κ1) is 14.1. The third-order valence-corrected chi connectivity index (χ3v) is 2.84. The minimum atomic E-state index is -0.541. The second kappa shape index (κ2) is 5.79. The van der Waals surface area contributed by atoms with Crippen LogP contribution in [0.4, 0.5) is 15.8 Å². The number of anilines is 2. The van der Waals surface area contributed by atoms with Crippen molar-refractivity contribution in [3.05, 3.63) is 52.8 Å². The number of nitrogens with one attached hydrogen (secondary N) is 1. The molecule has 1 amide bonds. The number of methoxy groups -OCH3 is 1. The third-order valence-electron chi connectivity index (χ3n) is 2.63. The van der Waals surface area contributed by atoms with Crippen LogP contribution in [0.15, 0.2) is 36.4 Å². The van der Waals surface area contributed by atoms with Gasteiger partial charge < -0.3 is 15.8 Å². The van der Waals surface area contributed by atoms with E-state index in [0.717, 1.165) is 12.1 Å². The SMILES string of the molecule is COc1cccc(N)c1C(=O)Nc1cc(F)cc(Cl)c1. The van der Waals surface area contributed by atoms with Crippen molar-refractivity contribution in [1.82, 2.24) is 0 Å². The molecule has 0 radical (unpaired) electrons. The minimum absolute atomic E-state index is 0.188. The Labute approximate surface area is 120 Å². The first-order valence-electron chi connectivity index (χ1n) is 5.71. The molecule has 0 atom stereocenters. The molecule has 3 N–H and O–H groups in total. The monoisotopic (exact) mass is 294 g/mol. The van der Waals surface area contributed by atoms with Crippen molar-refractivity contribution in [2.45, 2.75) is 0 Å². The van der Waals surface area contributed by atoms with Gasteiger partial charge in [-0.3, -0.25) is 4.79 Å². The molecule has 0 aliphatic rings. The summed E-state index contributed by atoms with van der Waals surface area (Å²) < 4.78 is 18.3. The zero-order valence-electron chi connectivity index (χ0n) is 10.6. The van der Waals surface area contributed by atoms with Crippen LogP contribution in [0.2, 0.25) is 5.02 Å². The van der Waals surface area contributed by atoms with Gasteiger partial charge in [-0.25, -0.2) is 4.39 Å². The van der Waals surface area contributed by atoms with Gasteiger partial charge >= 0.3 is 0 Å². The lowest BCUT2D eigenvalue weighted by molar-refractivity contribution is 0.102. The van der Waals surface area contributed by atoms with E-state index >= 15 is 0 Å². The molecule has 2 aromatic carbocycles. The topological polar surface area (TPSA) is 64.3 Å². The van der Waals surface area contributed by atoms with Crippen LogP contribution in [-0.4, -0.2) is 13.0 Å². The molecule has 0 saturated heterocycles. The van der Waals surface area contributed by atoms with Gasteiger partial charge in [0.15, 0.2) is 0 Å². The molecule has 0 fully saturated rings. The van der Waals surface area contributed by atoms with Crippen LogP contribution >= 0.6 is 11.6 Å². The van der Waals surface area contributed by atoms with Crippen LogP contribution in [0, 0.1) is 5.82 Å². The van der Waals surface area contributed by atoms with Crippen molar-refractivity contribution in [2.24, 2.45) is 0 Å². The van der Waals surface area contributed by atoms with Crippen LogP contribution in [0.5, 0.6) is 5.75 Å². The second-order valence-electron chi connectivity index (χ2n) is 4.04. The van der Waals surface area contributed by atoms with Crippen LogP contribution in [0.25, 0.3) is 0 Å². The molecule has 0 spiro atoms. The number of amides is 1. The van der Waals surface area contributed by atoms with Crippen molar-refractivity contribution < 1.29 is 13.9 Å². The Balaban J connectivity index is 2.33. The molecular weight excluding hydrogens is 283 g/mol. The molecule has 20 heavy (non-hydrogen) atoms. The number of carbonyl (C=O) groups excluding carboxylic acids is 1. The van der Waals surface area contributed by atoms with E-state index < -0.39 is 11.7 Å². The van der Waals surface area contributed by atoms with Crippen LogP contribution in [0.1, 0.15) is 10.4 Å². The van der Waals surface area contributed by atoms with E-state index in [1.54, 1.807) is 18.2 Å². The van der Waals surface area contributed by atoms with Gasteiger partial charge in [-0.1, -0.05) is 17.7 Å². The van der Waals surface area contributed by atoms with Gasteiger partial charge in [0.05, 0.1) is 7.11 Å². The summed E-state index contributed by atoms with van der Waals surface area (Å²) in [6, 6.07) is 8.61. The first-order chi connectivity index (χ1) is 9.51. The standard InChI is InChI=1S/C14H12ClFN2O2/c1-20-12-4-2-3-11(17)13(12)14(19)18-10-6-8(15)5-9(16)7-10/h2-7H,17H2,1H3,(H,18,19). The smallest absolute Gasteiger partial charge is 0.261 e. The molecule has 0 bridgehead atoms. The molecular formula is C14H12ClFN2O2. The number of benzene rings is 2. The molecule has 4 nitrogen and oxygen atoms in total. The average Bonchev–Trinajstić information content (AvgIpc) is 2.36. The van der Waals surface area contributed by atoms with Gasteiger partial charge in [-0.2, -0.15) is 0 Å². The molecule has 2 rings (SSSR count). The summed E-state index contributed by atoms with van der Waals surface area (Å²) in [7, 11) is 1.44. The summed E-state index contributed by atoms with van der Waals surface area (Å²) in [4.78, 5) is 12.2. The summed E-state index contributed by atoms with van der Waals surface area (Å²) in [5.41, 5.74) is 6.47. The molecule has 6 heteroatoms. The van der Waals surface area contributed by atoms with E-state index in [9.17, 15) is 9.18 Å². The maximum Gasteiger partial charge on any atom is 0.261 e. The Kier molecular flexibility index (Phi) is 4.10. The number of ether oxygens (including phenoxy) is 1. The lowest BCUT2D eigenvalue weighted by atomic mass is 10.1. The normalized spacial score (nSPS) is 10.2. The number of nitrogens with two attached hydrogens (primary N) is 1. The van der Waals surface area contributed by atoms with E-state index in [2.05, 4.69) is 5.32 Å². The van der Waals surface area contributed by atoms with E-state index in [0.29, 0.717) is 5.75 Å². The lowest BCUT2D eigenvalue weighted by Crippen LogP contribution is -2.15. The first-order valence-corrected chi connectivity index (χ1v) is 6.09. The summed E-state index contributed by atoms with van der Waals surface area (Å²) in [6.07, 6.45) is 0. The van der Waals surface area contributed by atoms with Gasteiger partial charge in [0.1, 0.15) is 17.1 Å². The maximum atomic E-state index is 13.2. The number of hydrogen-bond donors (Lipinski definition) is 2. The highest BCUT2D eigenvalue weighted by molar-refractivity contribution is 6.31. The van der Waals surface area contributed by atoms with Crippen molar-refractivity contribution in [1.29, 1.82) is 0 Å². The van der Waals surface area contributed by atoms with Crippen molar-refractivity contribution in [2.75, 3.05) is 18.2 Å². The second-order valence-corrected chi connectivity index (χ2v) is 4.47. The molecule has 2 aromatic rings. The Morgan fingerprint density at radius 1 is 1.35 bits per heavy atom. The predicted molar refractivity (Wildman–Crippen MR) is 76.8 cm³/mol. The van der Waals surface area contributed by atoms with E-state index in [1.165, 1.54) is 13.2 Å². The number of carbonyl (C=O) groups is 1. The molecule has 0 saturated carbocycles. The fourth-order valence-electron chi connectivity index (χ4n) is 1.78. The van der Waals surface area contributed by atoms with Crippen LogP contribution in [-0.2, 0) is 0 Å². The highest BCUT2D eigenvalue weighted by Gasteiger charge is 2.16. The van der Waals surface area contributed by atoms with E-state index in [-0.39, 0.29) is 22.0 Å². The van der Waals surface area contributed by atoms with Gasteiger partial charge in [-0.15, -0.1) is 0 Å². The zero-order chi connectivity index (χ0) is 14.7. The quantitative estimate of drug-likeness (QED) is 0.854. The Bertz CT molecular complexity index is 641. The third kappa shape index (κ3) is 3.00. The molecule has 104 valence electrons. The number of halogens is 2. The van der Waals surface area contributed by atoms with Crippen molar-refractivity contribution in [3.63, 3.8) is 0 Å². The van der Waals surface area contributed by atoms with Gasteiger partial charge in [0.2, 0.25) is 0 Å². The predicted octanol–water partition coefficient (Wildman–Crippen LogP) is 3.32. The fraction of sp³-hybridized carbons (Fsp3) is 0.0714. The largest absolute Gasteiger partial charge is 0.496 e. The van der Waals surface area contributed by atoms with Gasteiger partial charge in [0, 0.05) is 16.4 Å². The minimum Gasteiger partial charge on any atom is -0.496 e. The van der Waals surface area contributed by atoms with Crippen LogP contribution in [0.3, 0.4) is 0 Å². The summed E-state index contributed by atoms with van der Waals surface area (Å²) in [5, 5.41) is 2.72. The zero-order valence-corrected chi connectivity index (χ0v) is 11.4. The van der Waals surface area contributed by atoms with E-state index in [1.807, 2.05) is 0 Å². The Morgan fingerprint density at radius 3 is 2.75 bits per heavy atom. The summed E-state index contributed by atoms with van der Waals surface area (Å²) >= 11 is 5.73. The van der Waals surface area contributed by atoms with E-state index in [4.69, 9.17) is 22.1 Å². The van der Waals surface area contributed by atoms with Crippen molar-refractivity contribution in [3.8, 4) is 5.75 Å². The van der Waals surface area contributed by atoms with Crippen LogP contribution < -0.4 is 15.8 Å². The lowest BCUT2D eigenvalue weighted by Gasteiger charge is -2.11. The van der Waals surface area contributed by atoms with Gasteiger partial charge in [-0.05, 0) is 30.3 Å². The molecule has 0 aliphatic heterocycles. The molecule has 0 heterocycles. The summed E-state index contributed by atoms with van der Waals surface area (Å²) in [6.45, 7) is 0. The Hall–Kier alpha value is -2.27. The number of rotatable bonds is 3. The molecule has 0 unspecified atom stereocenters. The maximum absolute atomic E-state index is 13.2. The highest BCUT2D eigenvalue weighted by atomic mass is 35.5. The number of hydrogen-bond acceptors (Lipinski definition) is 3. The highest BCUT2D eigenvalue weighted by Crippen LogP contribution is 2.26. The fourth-order valence-corrected chi connectivity index (χ4v) is 2.00. The molecule has 0 aromatic heterocycles. The number of nitrogen functional groups attached to an aromatic ring is 1. The Morgan fingerprint density at radius 2 is 2.10 bits per heavy atom.